The van der Waals surface area contributed by atoms with Crippen LogP contribution in [0.25, 0.3) is 5.65 Å². The molecule has 0 aliphatic carbocycles. The van der Waals surface area contributed by atoms with Gasteiger partial charge in [-0.05, 0) is 17.9 Å². The number of rotatable bonds is 7. The Morgan fingerprint density at radius 3 is 2.58 bits per heavy atom. The van der Waals surface area contributed by atoms with Crippen molar-refractivity contribution in [1.82, 2.24) is 19.6 Å². The predicted molar refractivity (Wildman–Crippen MR) is 97.4 cm³/mol. The van der Waals surface area contributed by atoms with Gasteiger partial charge in [0.1, 0.15) is 0 Å². The highest BCUT2D eigenvalue weighted by Gasteiger charge is 2.14. The minimum absolute atomic E-state index is 0.360. The molecule has 0 amide bonds. The molecule has 126 valence electrons. The summed E-state index contributed by atoms with van der Waals surface area (Å²) in [5.74, 6) is 1.70. The maximum Gasteiger partial charge on any atom is 0.229 e. The molecule has 2 aromatic heterocycles. The molecule has 0 saturated heterocycles. The Bertz CT molecular complexity index is 794. The lowest BCUT2D eigenvalue weighted by Gasteiger charge is -2.11. The molecular weight excluding hydrogens is 300 g/mol. The van der Waals surface area contributed by atoms with Crippen molar-refractivity contribution >= 4 is 17.5 Å². The third kappa shape index (κ3) is 3.48. The largest absolute Gasteiger partial charge is 0.354 e. The summed E-state index contributed by atoms with van der Waals surface area (Å²) >= 11 is 0. The lowest BCUT2D eigenvalue weighted by Crippen LogP contribution is -2.12. The van der Waals surface area contributed by atoms with Crippen molar-refractivity contribution in [3.8, 4) is 0 Å². The van der Waals surface area contributed by atoms with Crippen molar-refractivity contribution in [3.63, 3.8) is 0 Å². The minimum atomic E-state index is 0.360. The molecule has 0 aliphatic heterocycles. The maximum absolute atomic E-state index is 4.65. The lowest BCUT2D eigenvalue weighted by molar-refractivity contribution is 0.860. The molecule has 1 aromatic carbocycles. The van der Waals surface area contributed by atoms with Crippen molar-refractivity contribution in [2.75, 3.05) is 17.2 Å². The molecule has 0 fully saturated rings. The smallest absolute Gasteiger partial charge is 0.229 e. The Morgan fingerprint density at radius 2 is 1.88 bits per heavy atom. The van der Waals surface area contributed by atoms with E-state index in [4.69, 9.17) is 0 Å². The van der Waals surface area contributed by atoms with Gasteiger partial charge in [0, 0.05) is 18.7 Å². The summed E-state index contributed by atoms with van der Waals surface area (Å²) in [6.07, 6.45) is 2.91. The molecule has 0 atom stereocenters. The topological polar surface area (TPSA) is 67.1 Å². The van der Waals surface area contributed by atoms with Crippen LogP contribution in [-0.2, 0) is 6.54 Å². The van der Waals surface area contributed by atoms with Gasteiger partial charge in [0.2, 0.25) is 11.9 Å². The third-order valence-corrected chi connectivity index (χ3v) is 3.84. The van der Waals surface area contributed by atoms with Crippen molar-refractivity contribution in [3.05, 3.63) is 47.7 Å². The molecule has 6 nitrogen and oxygen atoms in total. The normalized spacial score (nSPS) is 11.2. The molecule has 0 unspecified atom stereocenters. The number of anilines is 2. The summed E-state index contributed by atoms with van der Waals surface area (Å²) in [4.78, 5) is 9.24. The first-order valence-corrected chi connectivity index (χ1v) is 8.46. The summed E-state index contributed by atoms with van der Waals surface area (Å²) in [6, 6.07) is 10.3. The summed E-state index contributed by atoms with van der Waals surface area (Å²) in [6.45, 7) is 7.96. The molecule has 0 saturated carbocycles. The van der Waals surface area contributed by atoms with Gasteiger partial charge in [-0.1, -0.05) is 51.1 Å². The second-order valence-corrected chi connectivity index (χ2v) is 6.13. The van der Waals surface area contributed by atoms with Gasteiger partial charge >= 0.3 is 0 Å². The van der Waals surface area contributed by atoms with Crippen LogP contribution in [0.3, 0.4) is 0 Å². The van der Waals surface area contributed by atoms with Crippen molar-refractivity contribution in [2.45, 2.75) is 39.7 Å². The number of hydrogen-bond acceptors (Lipinski definition) is 5. The van der Waals surface area contributed by atoms with Gasteiger partial charge in [0.15, 0.2) is 5.65 Å². The Balaban J connectivity index is 1.94. The Labute approximate surface area is 142 Å². The Hall–Kier alpha value is -2.63. The van der Waals surface area contributed by atoms with E-state index < -0.39 is 0 Å². The summed E-state index contributed by atoms with van der Waals surface area (Å²) in [5, 5.41) is 11.1. The van der Waals surface area contributed by atoms with Crippen LogP contribution in [0.1, 0.15) is 44.2 Å². The summed E-state index contributed by atoms with van der Waals surface area (Å²) in [7, 11) is 0. The summed E-state index contributed by atoms with van der Waals surface area (Å²) in [5.41, 5.74) is 3.18. The highest BCUT2D eigenvalue weighted by Crippen LogP contribution is 2.22. The first-order chi connectivity index (χ1) is 11.7. The van der Waals surface area contributed by atoms with Crippen LogP contribution in [0.15, 0.2) is 36.5 Å². The van der Waals surface area contributed by atoms with Crippen LogP contribution in [0.4, 0.5) is 11.9 Å². The van der Waals surface area contributed by atoms with Gasteiger partial charge in [-0.3, -0.25) is 0 Å². The first kappa shape index (κ1) is 16.2. The van der Waals surface area contributed by atoms with E-state index in [0.29, 0.717) is 24.4 Å². The van der Waals surface area contributed by atoms with Gasteiger partial charge in [0.05, 0.1) is 6.20 Å². The van der Waals surface area contributed by atoms with Crippen LogP contribution in [0.2, 0.25) is 0 Å². The van der Waals surface area contributed by atoms with E-state index in [1.807, 2.05) is 24.4 Å². The van der Waals surface area contributed by atoms with Crippen molar-refractivity contribution < 1.29 is 0 Å². The summed E-state index contributed by atoms with van der Waals surface area (Å²) < 4.78 is 1.79. The van der Waals surface area contributed by atoms with Crippen LogP contribution >= 0.6 is 0 Å². The zero-order chi connectivity index (χ0) is 16.9. The number of benzene rings is 1. The fraction of sp³-hybridized carbons (Fsp3) is 0.389. The zero-order valence-electron chi connectivity index (χ0n) is 14.5. The van der Waals surface area contributed by atoms with E-state index in [-0.39, 0.29) is 0 Å². The predicted octanol–water partition coefficient (Wildman–Crippen LogP) is 3.68. The van der Waals surface area contributed by atoms with Gasteiger partial charge in [0.25, 0.3) is 0 Å². The quantitative estimate of drug-likeness (QED) is 0.694. The molecule has 2 heterocycles. The molecule has 0 bridgehead atoms. The van der Waals surface area contributed by atoms with Crippen LogP contribution in [-0.4, -0.2) is 26.1 Å². The molecule has 2 N–H and O–H groups in total. The fourth-order valence-electron chi connectivity index (χ4n) is 2.51. The fourth-order valence-corrected chi connectivity index (χ4v) is 2.51. The molecule has 3 aromatic rings. The molecule has 0 radical (unpaired) electrons. The van der Waals surface area contributed by atoms with Gasteiger partial charge in [-0.15, -0.1) is 0 Å². The zero-order valence-corrected chi connectivity index (χ0v) is 14.5. The molecule has 0 spiro atoms. The second-order valence-electron chi connectivity index (χ2n) is 6.13. The van der Waals surface area contributed by atoms with Crippen molar-refractivity contribution in [2.24, 2.45) is 0 Å². The number of hydrogen-bond donors (Lipinski definition) is 2. The maximum atomic E-state index is 4.65. The molecule has 0 aliphatic rings. The highest BCUT2D eigenvalue weighted by atomic mass is 15.4. The number of aromatic nitrogens is 4. The van der Waals surface area contributed by atoms with E-state index in [1.165, 1.54) is 5.56 Å². The van der Waals surface area contributed by atoms with Crippen LogP contribution in [0, 0.1) is 0 Å². The highest BCUT2D eigenvalue weighted by molar-refractivity contribution is 5.55. The van der Waals surface area contributed by atoms with E-state index >= 15 is 0 Å². The average molecular weight is 324 g/mol. The van der Waals surface area contributed by atoms with E-state index in [9.17, 15) is 0 Å². The number of fused-ring (bicyclic) bond motifs is 1. The van der Waals surface area contributed by atoms with Crippen LogP contribution < -0.4 is 10.6 Å². The monoisotopic (exact) mass is 324 g/mol. The standard InChI is InChI=1S/C18H24N6/c1-4-10-19-17-22-16-15(13(2)3)12-21-24(16)18(23-17)20-11-14-8-6-5-7-9-14/h5-9,12-13H,4,10-11H2,1-3H3,(H2,19,20,22,23). The van der Waals surface area contributed by atoms with Crippen molar-refractivity contribution in [1.29, 1.82) is 0 Å². The van der Waals surface area contributed by atoms with E-state index in [0.717, 1.165) is 24.2 Å². The SMILES string of the molecule is CCCNc1nc(NCc2ccccc2)n2ncc(C(C)C)c2n1. The van der Waals surface area contributed by atoms with Gasteiger partial charge < -0.3 is 10.6 Å². The molecular formula is C18H24N6. The number of nitrogens with zero attached hydrogens (tertiary/aromatic N) is 4. The van der Waals surface area contributed by atoms with E-state index in [2.05, 4.69) is 58.6 Å². The molecule has 24 heavy (non-hydrogen) atoms. The van der Waals surface area contributed by atoms with Crippen LogP contribution in [0.5, 0.6) is 0 Å². The Morgan fingerprint density at radius 1 is 1.08 bits per heavy atom. The van der Waals surface area contributed by atoms with Gasteiger partial charge in [-0.25, -0.2) is 0 Å². The number of nitrogens with one attached hydrogen (secondary N) is 2. The molecule has 3 rings (SSSR count). The van der Waals surface area contributed by atoms with Gasteiger partial charge in [-0.2, -0.15) is 19.6 Å². The molecule has 6 heteroatoms. The third-order valence-electron chi connectivity index (χ3n) is 3.84. The lowest BCUT2D eigenvalue weighted by atomic mass is 10.1. The minimum Gasteiger partial charge on any atom is -0.354 e. The van der Waals surface area contributed by atoms with E-state index in [1.54, 1.807) is 4.52 Å². The first-order valence-electron chi connectivity index (χ1n) is 8.46. The second kappa shape index (κ2) is 7.29. The average Bonchev–Trinajstić information content (AvgIpc) is 3.03. The Kier molecular flexibility index (Phi) is 4.93.